The van der Waals surface area contributed by atoms with Crippen LogP contribution < -0.4 is 28.3 Å². The van der Waals surface area contributed by atoms with E-state index in [0.717, 1.165) is 10.1 Å². The summed E-state index contributed by atoms with van der Waals surface area (Å²) in [6.07, 6.45) is 0. The van der Waals surface area contributed by atoms with E-state index in [1.54, 1.807) is 20.3 Å². The van der Waals surface area contributed by atoms with Crippen LogP contribution in [0.1, 0.15) is 0 Å². The molecule has 0 saturated carbocycles. The van der Waals surface area contributed by atoms with E-state index in [0.29, 0.717) is 0 Å². The molecule has 1 aromatic rings. The average molecular weight is 150 g/mol. The molecule has 4 heteroatoms. The summed E-state index contributed by atoms with van der Waals surface area (Å²) in [6.45, 7) is 0. The SMILES string of the molecule is COc1[c-]cc(OC)s1.[Li+]. The molecule has 0 aliphatic rings. The topological polar surface area (TPSA) is 18.5 Å². The monoisotopic (exact) mass is 150 g/mol. The predicted octanol–water partition coefficient (Wildman–Crippen LogP) is -1.43. The van der Waals surface area contributed by atoms with Gasteiger partial charge in [0, 0.05) is 5.06 Å². The Hall–Kier alpha value is -0.103. The van der Waals surface area contributed by atoms with Gasteiger partial charge >= 0.3 is 18.9 Å². The summed E-state index contributed by atoms with van der Waals surface area (Å²) in [5.74, 6) is 0. The van der Waals surface area contributed by atoms with Crippen LogP contribution in [0.3, 0.4) is 0 Å². The van der Waals surface area contributed by atoms with E-state index in [9.17, 15) is 0 Å². The summed E-state index contributed by atoms with van der Waals surface area (Å²) in [4.78, 5) is 0. The minimum atomic E-state index is 0. The Labute approximate surface area is 76.3 Å². The van der Waals surface area contributed by atoms with Crippen molar-refractivity contribution in [1.82, 2.24) is 0 Å². The molecule has 0 saturated heterocycles. The number of methoxy groups -OCH3 is 2. The molecule has 0 fully saturated rings. The Morgan fingerprint density at radius 1 is 1.40 bits per heavy atom. The number of thiophene rings is 1. The third kappa shape index (κ3) is 2.26. The first kappa shape index (κ1) is 9.90. The number of rotatable bonds is 2. The van der Waals surface area contributed by atoms with Gasteiger partial charge in [0.2, 0.25) is 0 Å². The van der Waals surface area contributed by atoms with Gasteiger partial charge < -0.3 is 9.47 Å². The molecule has 0 N–H and O–H groups in total. The number of ether oxygens (including phenoxy) is 2. The second-order valence-corrected chi connectivity index (χ2v) is 2.38. The van der Waals surface area contributed by atoms with Gasteiger partial charge in [-0.05, 0) is 0 Å². The van der Waals surface area contributed by atoms with Crippen LogP contribution in [0.4, 0.5) is 0 Å². The Balaban J connectivity index is 0.000000810. The molecule has 0 bridgehead atoms. The van der Waals surface area contributed by atoms with E-state index in [4.69, 9.17) is 9.47 Å². The van der Waals surface area contributed by atoms with Gasteiger partial charge in [-0.2, -0.15) is 23.5 Å². The van der Waals surface area contributed by atoms with E-state index in [-0.39, 0.29) is 18.9 Å². The van der Waals surface area contributed by atoms with Crippen LogP contribution in [0.15, 0.2) is 6.07 Å². The molecule has 1 rings (SSSR count). The minimum absolute atomic E-state index is 0. The van der Waals surface area contributed by atoms with E-state index in [2.05, 4.69) is 6.07 Å². The molecular weight excluding hydrogens is 143 g/mol. The van der Waals surface area contributed by atoms with E-state index in [1.165, 1.54) is 11.3 Å². The van der Waals surface area contributed by atoms with Gasteiger partial charge in [-0.15, -0.1) is 0 Å². The van der Waals surface area contributed by atoms with Gasteiger partial charge in [0.25, 0.3) is 0 Å². The van der Waals surface area contributed by atoms with Crippen LogP contribution >= 0.6 is 11.3 Å². The zero-order chi connectivity index (χ0) is 6.69. The third-order valence-electron chi connectivity index (χ3n) is 0.888. The van der Waals surface area contributed by atoms with Crippen molar-refractivity contribution in [3.05, 3.63) is 12.1 Å². The summed E-state index contributed by atoms with van der Waals surface area (Å²) in [7, 11) is 3.24. The molecule has 0 aromatic carbocycles. The van der Waals surface area contributed by atoms with Crippen LogP contribution in [0.25, 0.3) is 0 Å². The van der Waals surface area contributed by atoms with Crippen LogP contribution in [-0.4, -0.2) is 14.2 Å². The molecule has 0 aliphatic heterocycles. The van der Waals surface area contributed by atoms with Crippen molar-refractivity contribution < 1.29 is 28.3 Å². The molecule has 50 valence electrons. The first-order valence-corrected chi connectivity index (χ1v) is 3.28. The largest absolute Gasteiger partial charge is 1.00 e. The molecule has 1 heterocycles. The first-order chi connectivity index (χ1) is 4.36. The van der Waals surface area contributed by atoms with Crippen LogP contribution in [-0.2, 0) is 0 Å². The van der Waals surface area contributed by atoms with Gasteiger partial charge in [-0.3, -0.25) is 0 Å². The van der Waals surface area contributed by atoms with E-state index >= 15 is 0 Å². The number of hydrogen-bond acceptors (Lipinski definition) is 3. The number of hydrogen-bond donors (Lipinski definition) is 0. The minimum Gasteiger partial charge on any atom is -0.572 e. The molecule has 0 aliphatic carbocycles. The summed E-state index contributed by atoms with van der Waals surface area (Å²) in [6, 6.07) is 4.63. The molecule has 0 atom stereocenters. The summed E-state index contributed by atoms with van der Waals surface area (Å²) in [5.41, 5.74) is 0. The van der Waals surface area contributed by atoms with Crippen molar-refractivity contribution in [1.29, 1.82) is 0 Å². The quantitative estimate of drug-likeness (QED) is 0.380. The summed E-state index contributed by atoms with van der Waals surface area (Å²) < 4.78 is 9.78. The van der Waals surface area contributed by atoms with Crippen molar-refractivity contribution in [2.45, 2.75) is 0 Å². The second-order valence-electron chi connectivity index (χ2n) is 1.41. The summed E-state index contributed by atoms with van der Waals surface area (Å²) >= 11 is 1.43. The van der Waals surface area contributed by atoms with Gasteiger partial charge in [-0.25, -0.2) is 0 Å². The average Bonchev–Trinajstić information content (AvgIpc) is 2.34. The van der Waals surface area contributed by atoms with Gasteiger partial charge in [0.1, 0.15) is 0 Å². The maximum Gasteiger partial charge on any atom is 1.00 e. The Bertz CT molecular complexity index is 169. The van der Waals surface area contributed by atoms with Gasteiger partial charge in [-0.1, -0.05) is 0 Å². The first-order valence-electron chi connectivity index (χ1n) is 2.46. The molecule has 0 spiro atoms. The predicted molar refractivity (Wildman–Crippen MR) is 36.3 cm³/mol. The fourth-order valence-corrected chi connectivity index (χ4v) is 1.05. The van der Waals surface area contributed by atoms with Crippen molar-refractivity contribution >= 4 is 11.3 Å². The smallest absolute Gasteiger partial charge is 0.572 e. The molecule has 1 aromatic heterocycles. The van der Waals surface area contributed by atoms with E-state index in [1.807, 2.05) is 0 Å². The Kier molecular flexibility index (Phi) is 4.62. The second kappa shape index (κ2) is 4.67. The van der Waals surface area contributed by atoms with Gasteiger partial charge in [0.15, 0.2) is 0 Å². The third-order valence-corrected chi connectivity index (χ3v) is 1.84. The molecule has 0 radical (unpaired) electrons. The molecule has 0 amide bonds. The standard InChI is InChI=1S/C6H7O2S.Li/c1-7-5-3-4-6(8-2)9-5;/h3H,1-2H3;/q-1;+1. The van der Waals surface area contributed by atoms with Crippen molar-refractivity contribution in [2.24, 2.45) is 0 Å². The maximum atomic E-state index is 4.90. The van der Waals surface area contributed by atoms with Crippen molar-refractivity contribution in [3.8, 4) is 10.1 Å². The Morgan fingerprint density at radius 3 is 2.40 bits per heavy atom. The maximum absolute atomic E-state index is 4.90. The van der Waals surface area contributed by atoms with Crippen molar-refractivity contribution in [3.63, 3.8) is 0 Å². The Morgan fingerprint density at radius 2 is 2.10 bits per heavy atom. The fourth-order valence-electron chi connectivity index (χ4n) is 0.469. The van der Waals surface area contributed by atoms with Crippen LogP contribution in [0.2, 0.25) is 0 Å². The molecular formula is C6H7LiO2S. The molecule has 0 unspecified atom stereocenters. The fraction of sp³-hybridized carbons (Fsp3) is 0.333. The normalized spacial score (nSPS) is 8.20. The van der Waals surface area contributed by atoms with Crippen LogP contribution in [0.5, 0.6) is 10.1 Å². The molecule has 10 heavy (non-hydrogen) atoms. The van der Waals surface area contributed by atoms with Crippen molar-refractivity contribution in [2.75, 3.05) is 14.2 Å². The van der Waals surface area contributed by atoms with Gasteiger partial charge in [0.05, 0.1) is 19.3 Å². The van der Waals surface area contributed by atoms with Crippen LogP contribution in [0, 0.1) is 6.07 Å². The molecule has 2 nitrogen and oxygen atoms in total. The zero-order valence-electron chi connectivity index (χ0n) is 6.30. The summed E-state index contributed by atoms with van der Waals surface area (Å²) in [5, 5.41) is 1.58. The van der Waals surface area contributed by atoms with E-state index < -0.39 is 0 Å². The zero-order valence-corrected chi connectivity index (χ0v) is 7.12.